The van der Waals surface area contributed by atoms with E-state index in [1.807, 2.05) is 6.92 Å². The summed E-state index contributed by atoms with van der Waals surface area (Å²) >= 11 is 0. The van der Waals surface area contributed by atoms with Crippen molar-refractivity contribution in [1.82, 2.24) is 4.98 Å². The molecule has 0 radical (unpaired) electrons. The third-order valence-corrected chi connectivity index (χ3v) is 1.41. The highest BCUT2D eigenvalue weighted by Crippen LogP contribution is 2.08. The Labute approximate surface area is 70.4 Å². The Balaban J connectivity index is 2.97. The molecule has 12 heavy (non-hydrogen) atoms. The first-order valence-corrected chi connectivity index (χ1v) is 3.63. The largest absolute Gasteiger partial charge is 0.392 e. The topological polar surface area (TPSA) is 33.1 Å². The molecule has 0 saturated carbocycles. The zero-order valence-corrected chi connectivity index (χ0v) is 6.79. The van der Waals surface area contributed by atoms with E-state index in [0.29, 0.717) is 5.56 Å². The molecule has 0 bridgehead atoms. The Morgan fingerprint density at radius 3 is 3.08 bits per heavy atom. The molecule has 0 atom stereocenters. The summed E-state index contributed by atoms with van der Waals surface area (Å²) in [5, 5.41) is 8.46. The van der Waals surface area contributed by atoms with Crippen molar-refractivity contribution in [2.24, 2.45) is 0 Å². The van der Waals surface area contributed by atoms with Crippen LogP contribution in [0.15, 0.2) is 18.3 Å². The minimum absolute atomic E-state index is 0.0899. The average Bonchev–Trinajstić information content (AvgIpc) is 2.07. The van der Waals surface area contributed by atoms with Gasteiger partial charge in [-0.05, 0) is 18.6 Å². The molecule has 1 aromatic heterocycles. The molecule has 64 valence electrons. The zero-order valence-electron chi connectivity index (χ0n) is 6.79. The molecule has 0 amide bonds. The number of halogens is 1. The lowest BCUT2D eigenvalue weighted by Crippen LogP contribution is -1.88. The maximum Gasteiger partial charge on any atom is 0.220 e. The Morgan fingerprint density at radius 1 is 1.67 bits per heavy atom. The Bertz CT molecular complexity index is 297. The molecule has 0 aliphatic rings. The molecule has 0 saturated heterocycles. The van der Waals surface area contributed by atoms with Gasteiger partial charge in [0.25, 0.3) is 0 Å². The van der Waals surface area contributed by atoms with Crippen LogP contribution in [-0.4, -0.2) is 16.7 Å². The van der Waals surface area contributed by atoms with Crippen LogP contribution in [0.4, 0.5) is 4.39 Å². The number of aryl methyl sites for hydroxylation is 1. The molecule has 1 aromatic rings. The van der Waals surface area contributed by atoms with Gasteiger partial charge in [0, 0.05) is 11.8 Å². The van der Waals surface area contributed by atoms with E-state index in [9.17, 15) is 4.39 Å². The summed E-state index contributed by atoms with van der Waals surface area (Å²) in [4.78, 5) is 3.53. The van der Waals surface area contributed by atoms with Crippen molar-refractivity contribution in [2.45, 2.75) is 6.92 Å². The molecule has 1 rings (SSSR count). The van der Waals surface area contributed by atoms with Crippen molar-refractivity contribution in [1.29, 1.82) is 0 Å². The van der Waals surface area contributed by atoms with Crippen molar-refractivity contribution in [2.75, 3.05) is 6.61 Å². The van der Waals surface area contributed by atoms with Crippen LogP contribution < -0.4 is 0 Å². The van der Waals surface area contributed by atoms with Gasteiger partial charge >= 0.3 is 0 Å². The molecule has 2 nitrogen and oxygen atoms in total. The van der Waals surface area contributed by atoms with E-state index in [1.165, 1.54) is 18.3 Å². The van der Waals surface area contributed by atoms with Crippen LogP contribution in [0.25, 0.3) is 6.08 Å². The second-order valence-electron chi connectivity index (χ2n) is 2.48. The third kappa shape index (κ3) is 2.13. The first-order chi connectivity index (χ1) is 5.74. The Kier molecular flexibility index (Phi) is 2.94. The standard InChI is InChI=1S/C9H10FNO/c1-7-5-8(3-2-4-12)9(10)11-6-7/h2-3,5-6,12H,4H2,1H3. The molecule has 0 unspecified atom stereocenters. The lowest BCUT2D eigenvalue weighted by Gasteiger charge is -1.96. The van der Waals surface area contributed by atoms with Crippen LogP contribution in [0, 0.1) is 12.9 Å². The number of rotatable bonds is 2. The number of pyridine rings is 1. The third-order valence-electron chi connectivity index (χ3n) is 1.41. The fourth-order valence-electron chi connectivity index (χ4n) is 0.872. The highest BCUT2D eigenvalue weighted by molar-refractivity contribution is 5.49. The minimum atomic E-state index is -0.509. The molecule has 1 heterocycles. The summed E-state index contributed by atoms with van der Waals surface area (Å²) < 4.78 is 12.8. The van der Waals surface area contributed by atoms with Crippen molar-refractivity contribution in [3.05, 3.63) is 35.4 Å². The van der Waals surface area contributed by atoms with Crippen molar-refractivity contribution >= 4 is 6.08 Å². The van der Waals surface area contributed by atoms with E-state index in [-0.39, 0.29) is 6.61 Å². The fourth-order valence-corrected chi connectivity index (χ4v) is 0.872. The second-order valence-corrected chi connectivity index (χ2v) is 2.48. The minimum Gasteiger partial charge on any atom is -0.392 e. The highest BCUT2D eigenvalue weighted by atomic mass is 19.1. The zero-order chi connectivity index (χ0) is 8.97. The second kappa shape index (κ2) is 3.97. The quantitative estimate of drug-likeness (QED) is 0.677. The van der Waals surface area contributed by atoms with Gasteiger partial charge in [0.1, 0.15) is 0 Å². The van der Waals surface area contributed by atoms with E-state index in [4.69, 9.17) is 5.11 Å². The van der Waals surface area contributed by atoms with Gasteiger partial charge in [-0.25, -0.2) is 4.98 Å². The summed E-state index contributed by atoms with van der Waals surface area (Å²) in [5.41, 5.74) is 1.30. The number of aliphatic hydroxyl groups is 1. The fraction of sp³-hybridized carbons (Fsp3) is 0.222. The van der Waals surface area contributed by atoms with Gasteiger partial charge in [0.15, 0.2) is 0 Å². The molecular formula is C9H10FNO. The van der Waals surface area contributed by atoms with Gasteiger partial charge in [-0.3, -0.25) is 0 Å². The SMILES string of the molecule is Cc1cnc(F)c(C=CCO)c1. The van der Waals surface area contributed by atoms with E-state index in [2.05, 4.69) is 4.98 Å². The molecule has 0 fully saturated rings. The molecular weight excluding hydrogens is 157 g/mol. The van der Waals surface area contributed by atoms with E-state index < -0.39 is 5.95 Å². The van der Waals surface area contributed by atoms with E-state index in [1.54, 1.807) is 6.07 Å². The number of aromatic nitrogens is 1. The van der Waals surface area contributed by atoms with Gasteiger partial charge in [-0.1, -0.05) is 12.2 Å². The van der Waals surface area contributed by atoms with Crippen LogP contribution in [0.2, 0.25) is 0 Å². The van der Waals surface area contributed by atoms with Crippen LogP contribution in [0.1, 0.15) is 11.1 Å². The first kappa shape index (κ1) is 8.87. The van der Waals surface area contributed by atoms with Crippen LogP contribution in [-0.2, 0) is 0 Å². The predicted molar refractivity (Wildman–Crippen MR) is 45.1 cm³/mol. The summed E-state index contributed by atoms with van der Waals surface area (Å²) in [6.45, 7) is 1.75. The normalized spacial score (nSPS) is 10.9. The molecule has 0 aliphatic carbocycles. The summed E-state index contributed by atoms with van der Waals surface area (Å²) in [6, 6.07) is 1.68. The highest BCUT2D eigenvalue weighted by Gasteiger charge is 1.98. The van der Waals surface area contributed by atoms with Crippen molar-refractivity contribution in [3.63, 3.8) is 0 Å². The predicted octanol–water partition coefficient (Wildman–Crippen LogP) is 1.53. The van der Waals surface area contributed by atoms with Gasteiger partial charge < -0.3 is 5.11 Å². The Hall–Kier alpha value is -1.22. The van der Waals surface area contributed by atoms with Gasteiger partial charge in [-0.15, -0.1) is 0 Å². The first-order valence-electron chi connectivity index (χ1n) is 3.63. The monoisotopic (exact) mass is 167 g/mol. The molecule has 0 spiro atoms. The Morgan fingerprint density at radius 2 is 2.42 bits per heavy atom. The maximum absolute atomic E-state index is 12.8. The lowest BCUT2D eigenvalue weighted by molar-refractivity contribution is 0.343. The van der Waals surface area contributed by atoms with Crippen LogP contribution in [0.5, 0.6) is 0 Å². The van der Waals surface area contributed by atoms with E-state index >= 15 is 0 Å². The number of nitrogens with zero attached hydrogens (tertiary/aromatic N) is 1. The molecule has 0 aliphatic heterocycles. The van der Waals surface area contributed by atoms with Crippen molar-refractivity contribution in [3.8, 4) is 0 Å². The van der Waals surface area contributed by atoms with Crippen LogP contribution in [0.3, 0.4) is 0 Å². The van der Waals surface area contributed by atoms with Gasteiger partial charge in [0.05, 0.1) is 6.61 Å². The smallest absolute Gasteiger partial charge is 0.220 e. The van der Waals surface area contributed by atoms with Crippen molar-refractivity contribution < 1.29 is 9.50 Å². The van der Waals surface area contributed by atoms with Gasteiger partial charge in [-0.2, -0.15) is 4.39 Å². The average molecular weight is 167 g/mol. The lowest BCUT2D eigenvalue weighted by atomic mass is 10.2. The molecule has 0 aromatic carbocycles. The van der Waals surface area contributed by atoms with Gasteiger partial charge in [0.2, 0.25) is 5.95 Å². The molecule has 1 N–H and O–H groups in total. The number of hydrogen-bond donors (Lipinski definition) is 1. The number of aliphatic hydroxyl groups excluding tert-OH is 1. The van der Waals surface area contributed by atoms with E-state index in [0.717, 1.165) is 5.56 Å². The number of hydrogen-bond acceptors (Lipinski definition) is 2. The summed E-state index contributed by atoms with van der Waals surface area (Å²) in [7, 11) is 0. The molecule has 3 heteroatoms. The van der Waals surface area contributed by atoms with Crippen LogP contribution >= 0.6 is 0 Å². The summed E-state index contributed by atoms with van der Waals surface area (Å²) in [6.07, 6.45) is 4.44. The maximum atomic E-state index is 12.8. The summed E-state index contributed by atoms with van der Waals surface area (Å²) in [5.74, 6) is -0.509.